The normalized spacial score (nSPS) is 27.0. The molecule has 2 N–H and O–H groups in total. The molecule has 5 nitrogen and oxygen atoms in total. The van der Waals surface area contributed by atoms with Crippen LogP contribution in [0, 0.1) is 0 Å². The van der Waals surface area contributed by atoms with E-state index in [2.05, 4.69) is 29.0 Å². The molecule has 2 saturated heterocycles. The molecule has 2 aliphatic heterocycles. The highest BCUT2D eigenvalue weighted by Crippen LogP contribution is 2.19. The molecule has 0 aromatic heterocycles. The van der Waals surface area contributed by atoms with Gasteiger partial charge in [0, 0.05) is 31.2 Å². The Morgan fingerprint density at radius 2 is 1.82 bits per heavy atom. The zero-order chi connectivity index (χ0) is 16.1. The first kappa shape index (κ1) is 17.7. The Balaban J connectivity index is 1.75. The lowest BCUT2D eigenvalue weighted by Gasteiger charge is -2.38. The minimum atomic E-state index is -0.359. The summed E-state index contributed by atoms with van der Waals surface area (Å²) in [5, 5.41) is 13.1. The molecule has 0 aromatic rings. The number of hydrogen-bond acceptors (Lipinski definition) is 4. The second kappa shape index (κ2) is 8.27. The third kappa shape index (κ3) is 4.93. The van der Waals surface area contributed by atoms with Crippen LogP contribution in [-0.2, 0) is 4.79 Å². The van der Waals surface area contributed by atoms with Gasteiger partial charge < -0.3 is 15.3 Å². The summed E-state index contributed by atoms with van der Waals surface area (Å²) in [6.45, 7) is 9.79. The van der Waals surface area contributed by atoms with Gasteiger partial charge in [0.15, 0.2) is 0 Å². The van der Waals surface area contributed by atoms with Crippen LogP contribution in [0.3, 0.4) is 0 Å². The number of aliphatic hydroxyl groups is 1. The molecule has 2 heterocycles. The quantitative estimate of drug-likeness (QED) is 0.801. The Morgan fingerprint density at radius 3 is 2.41 bits per heavy atom. The summed E-state index contributed by atoms with van der Waals surface area (Å²) in [7, 11) is 0. The molecule has 0 aliphatic carbocycles. The number of carbonyl (C=O) groups excluding carboxylic acids is 1. The molecular weight excluding hydrogens is 278 g/mol. The second-order valence-corrected chi connectivity index (χ2v) is 7.25. The molecule has 0 spiro atoms. The van der Waals surface area contributed by atoms with Crippen molar-refractivity contribution in [3.05, 3.63) is 0 Å². The van der Waals surface area contributed by atoms with Gasteiger partial charge in [-0.3, -0.25) is 9.69 Å². The van der Waals surface area contributed by atoms with Gasteiger partial charge in [0.25, 0.3) is 0 Å². The summed E-state index contributed by atoms with van der Waals surface area (Å²) in [6, 6.07) is 1.05. The minimum absolute atomic E-state index is 0.121. The van der Waals surface area contributed by atoms with E-state index in [1.807, 2.05) is 6.92 Å². The van der Waals surface area contributed by atoms with Crippen molar-refractivity contribution in [2.75, 3.05) is 26.2 Å². The summed E-state index contributed by atoms with van der Waals surface area (Å²) in [5.74, 6) is 0.121. The van der Waals surface area contributed by atoms with Crippen molar-refractivity contribution in [2.24, 2.45) is 0 Å². The highest BCUT2D eigenvalue weighted by atomic mass is 16.3. The lowest BCUT2D eigenvalue weighted by atomic mass is 9.98. The van der Waals surface area contributed by atoms with E-state index in [4.69, 9.17) is 0 Å². The van der Waals surface area contributed by atoms with E-state index in [9.17, 15) is 9.90 Å². The highest BCUT2D eigenvalue weighted by molar-refractivity contribution is 5.78. The Labute approximate surface area is 135 Å². The molecule has 128 valence electrons. The van der Waals surface area contributed by atoms with Crippen LogP contribution in [0.4, 0.5) is 0 Å². The van der Waals surface area contributed by atoms with Crippen molar-refractivity contribution in [3.63, 3.8) is 0 Å². The average molecular weight is 311 g/mol. The first-order valence-electron chi connectivity index (χ1n) is 8.93. The Kier molecular flexibility index (Phi) is 6.66. The predicted octanol–water partition coefficient (Wildman–Crippen LogP) is 1.21. The fourth-order valence-electron chi connectivity index (χ4n) is 3.78. The van der Waals surface area contributed by atoms with Gasteiger partial charge in [0.05, 0.1) is 12.6 Å². The number of carbonyl (C=O) groups is 1. The van der Waals surface area contributed by atoms with Crippen LogP contribution in [-0.4, -0.2) is 71.2 Å². The summed E-state index contributed by atoms with van der Waals surface area (Å²) in [5.41, 5.74) is 0. The molecule has 2 atom stereocenters. The SMILES string of the molecule is CC(O)C1CCCCN1CC(=O)NC1CCN(C(C)C)CC1. The van der Waals surface area contributed by atoms with Gasteiger partial charge in [-0.25, -0.2) is 0 Å². The molecule has 2 rings (SSSR count). The van der Waals surface area contributed by atoms with Gasteiger partial charge in [-0.15, -0.1) is 0 Å². The first-order chi connectivity index (χ1) is 10.5. The van der Waals surface area contributed by atoms with E-state index in [0.29, 0.717) is 18.6 Å². The Morgan fingerprint density at radius 1 is 1.14 bits per heavy atom. The zero-order valence-electron chi connectivity index (χ0n) is 14.4. The number of aliphatic hydroxyl groups excluding tert-OH is 1. The van der Waals surface area contributed by atoms with Gasteiger partial charge in [0.1, 0.15) is 0 Å². The predicted molar refractivity (Wildman–Crippen MR) is 88.8 cm³/mol. The summed E-state index contributed by atoms with van der Waals surface area (Å²) in [6.07, 6.45) is 5.01. The Bertz CT molecular complexity index is 352. The maximum absolute atomic E-state index is 12.3. The molecule has 0 aromatic carbocycles. The molecule has 0 bridgehead atoms. The van der Waals surface area contributed by atoms with Crippen LogP contribution < -0.4 is 5.32 Å². The third-order valence-corrected chi connectivity index (χ3v) is 5.19. The number of nitrogens with one attached hydrogen (secondary N) is 1. The minimum Gasteiger partial charge on any atom is -0.392 e. The zero-order valence-corrected chi connectivity index (χ0v) is 14.4. The van der Waals surface area contributed by atoms with E-state index in [0.717, 1.165) is 51.7 Å². The number of piperidine rings is 2. The number of nitrogens with zero attached hydrogens (tertiary/aromatic N) is 2. The third-order valence-electron chi connectivity index (χ3n) is 5.19. The summed E-state index contributed by atoms with van der Waals surface area (Å²) in [4.78, 5) is 16.9. The van der Waals surface area contributed by atoms with Gasteiger partial charge >= 0.3 is 0 Å². The van der Waals surface area contributed by atoms with Gasteiger partial charge in [-0.1, -0.05) is 6.42 Å². The van der Waals surface area contributed by atoms with Crippen LogP contribution in [0.5, 0.6) is 0 Å². The van der Waals surface area contributed by atoms with Crippen molar-refractivity contribution < 1.29 is 9.90 Å². The van der Waals surface area contributed by atoms with Crippen LogP contribution in [0.1, 0.15) is 52.9 Å². The van der Waals surface area contributed by atoms with Gasteiger partial charge in [-0.05, 0) is 53.0 Å². The van der Waals surface area contributed by atoms with E-state index in [1.165, 1.54) is 0 Å². The summed E-state index contributed by atoms with van der Waals surface area (Å²) >= 11 is 0. The smallest absolute Gasteiger partial charge is 0.234 e. The molecule has 2 unspecified atom stereocenters. The number of hydrogen-bond donors (Lipinski definition) is 2. The van der Waals surface area contributed by atoms with Crippen LogP contribution >= 0.6 is 0 Å². The largest absolute Gasteiger partial charge is 0.392 e. The van der Waals surface area contributed by atoms with Crippen molar-refractivity contribution in [3.8, 4) is 0 Å². The lowest BCUT2D eigenvalue weighted by Crippen LogP contribution is -2.52. The molecule has 5 heteroatoms. The van der Waals surface area contributed by atoms with Gasteiger partial charge in [-0.2, -0.15) is 0 Å². The lowest BCUT2D eigenvalue weighted by molar-refractivity contribution is -0.124. The Hall–Kier alpha value is -0.650. The van der Waals surface area contributed by atoms with Crippen molar-refractivity contribution >= 4 is 5.91 Å². The number of rotatable bonds is 5. The molecule has 2 fully saturated rings. The maximum atomic E-state index is 12.3. The molecule has 2 aliphatic rings. The average Bonchev–Trinajstić information content (AvgIpc) is 2.48. The fraction of sp³-hybridized carbons (Fsp3) is 0.941. The maximum Gasteiger partial charge on any atom is 0.234 e. The van der Waals surface area contributed by atoms with Crippen LogP contribution in [0.25, 0.3) is 0 Å². The topological polar surface area (TPSA) is 55.8 Å². The molecule has 0 saturated carbocycles. The van der Waals surface area contributed by atoms with E-state index in [-0.39, 0.29) is 18.1 Å². The fourth-order valence-corrected chi connectivity index (χ4v) is 3.78. The summed E-state index contributed by atoms with van der Waals surface area (Å²) < 4.78 is 0. The van der Waals surface area contributed by atoms with E-state index < -0.39 is 0 Å². The van der Waals surface area contributed by atoms with E-state index in [1.54, 1.807) is 0 Å². The number of amides is 1. The standard InChI is InChI=1S/C17H33N3O2/c1-13(2)19-10-7-15(8-11-19)18-17(22)12-20-9-5-4-6-16(20)14(3)21/h13-16,21H,4-12H2,1-3H3,(H,18,22). The molecule has 1 amide bonds. The molecule has 22 heavy (non-hydrogen) atoms. The monoisotopic (exact) mass is 311 g/mol. The van der Waals surface area contributed by atoms with Crippen molar-refractivity contribution in [1.82, 2.24) is 15.1 Å². The molecule has 0 radical (unpaired) electrons. The van der Waals surface area contributed by atoms with Crippen molar-refractivity contribution in [1.29, 1.82) is 0 Å². The van der Waals surface area contributed by atoms with Gasteiger partial charge in [0.2, 0.25) is 5.91 Å². The first-order valence-corrected chi connectivity index (χ1v) is 8.93. The van der Waals surface area contributed by atoms with Crippen LogP contribution in [0.2, 0.25) is 0 Å². The van der Waals surface area contributed by atoms with Crippen LogP contribution in [0.15, 0.2) is 0 Å². The highest BCUT2D eigenvalue weighted by Gasteiger charge is 2.28. The van der Waals surface area contributed by atoms with Crippen molar-refractivity contribution in [2.45, 2.75) is 77.1 Å². The number of likely N-dealkylation sites (tertiary alicyclic amines) is 2. The second-order valence-electron chi connectivity index (χ2n) is 7.25. The van der Waals surface area contributed by atoms with E-state index >= 15 is 0 Å². The molecular formula is C17H33N3O2.